The maximum Gasteiger partial charge on any atom is 0.417 e. The molecule has 7 heteroatoms. The second-order valence-electron chi connectivity index (χ2n) is 8.48. The number of nitrogens with one attached hydrogen (secondary N) is 2. The number of aromatic nitrogens is 1. The maximum atomic E-state index is 13.2. The summed E-state index contributed by atoms with van der Waals surface area (Å²) >= 11 is 0. The van der Waals surface area contributed by atoms with Crippen LogP contribution < -0.4 is 11.1 Å². The Balaban J connectivity index is 1.74. The van der Waals surface area contributed by atoms with Crippen LogP contribution in [-0.2, 0) is 9.59 Å². The number of aromatic amines is 1. The van der Waals surface area contributed by atoms with Crippen LogP contribution in [0.3, 0.4) is 0 Å². The minimum atomic E-state index is -0.936. The molecule has 3 aromatic rings. The predicted octanol–water partition coefficient (Wildman–Crippen LogP) is 3.95. The number of carboxylic acid groups (broad SMARTS) is 1. The average molecular weight is 422 g/mol. The molecule has 1 fully saturated rings. The molecule has 2 aromatic carbocycles. The lowest BCUT2D eigenvalue weighted by Gasteiger charge is -2.24. The molecule has 0 bridgehead atoms. The molecule has 4 rings (SSSR count). The number of carbonyl (C=O) groups excluding carboxylic acids is 1. The molecule has 7 nitrogen and oxygen atoms in total. The van der Waals surface area contributed by atoms with E-state index in [1.807, 2.05) is 30.3 Å². The first-order chi connectivity index (χ1) is 14.8. The number of carboxylic acids is 1. The summed E-state index contributed by atoms with van der Waals surface area (Å²) in [4.78, 5) is 39.2. The van der Waals surface area contributed by atoms with Gasteiger partial charge >= 0.3 is 11.7 Å². The van der Waals surface area contributed by atoms with Gasteiger partial charge in [-0.1, -0.05) is 56.7 Å². The highest BCUT2D eigenvalue weighted by atomic mass is 16.4. The van der Waals surface area contributed by atoms with Crippen LogP contribution in [0, 0.1) is 11.8 Å². The Morgan fingerprint density at radius 2 is 1.74 bits per heavy atom. The van der Waals surface area contributed by atoms with Crippen molar-refractivity contribution in [3.8, 4) is 0 Å². The fourth-order valence-electron chi connectivity index (χ4n) is 4.46. The van der Waals surface area contributed by atoms with Crippen LogP contribution in [0.4, 0.5) is 0 Å². The molecule has 0 aliphatic heterocycles. The Bertz CT molecular complexity index is 1160. The summed E-state index contributed by atoms with van der Waals surface area (Å²) in [6.45, 7) is 4.21. The van der Waals surface area contributed by atoms with Gasteiger partial charge in [-0.25, -0.2) is 4.79 Å². The number of para-hydroxylation sites is 1. The average Bonchev–Trinajstić information content (AvgIpc) is 3.38. The summed E-state index contributed by atoms with van der Waals surface area (Å²) in [7, 11) is 0. The highest BCUT2D eigenvalue weighted by molar-refractivity contribution is 5.86. The summed E-state index contributed by atoms with van der Waals surface area (Å²) in [5.74, 6) is -2.68. The van der Waals surface area contributed by atoms with Crippen molar-refractivity contribution in [3.63, 3.8) is 0 Å². The number of carbonyl (C=O) groups is 2. The van der Waals surface area contributed by atoms with E-state index >= 15 is 0 Å². The number of hydrogen-bond donors (Lipinski definition) is 3. The Morgan fingerprint density at radius 1 is 1.06 bits per heavy atom. The zero-order valence-corrected chi connectivity index (χ0v) is 17.6. The fraction of sp³-hybridized carbons (Fsp3) is 0.375. The summed E-state index contributed by atoms with van der Waals surface area (Å²) < 4.78 is 5.37. The number of H-pyrrole nitrogens is 1. The smallest absolute Gasteiger partial charge is 0.417 e. The topological polar surface area (TPSA) is 112 Å². The third kappa shape index (κ3) is 4.13. The monoisotopic (exact) mass is 422 g/mol. The molecule has 1 aliphatic rings. The first kappa shape index (κ1) is 20.9. The van der Waals surface area contributed by atoms with Gasteiger partial charge in [-0.3, -0.25) is 14.6 Å². The molecule has 0 radical (unpaired) electrons. The minimum Gasteiger partial charge on any atom is -0.481 e. The lowest BCUT2D eigenvalue weighted by Crippen LogP contribution is -2.38. The van der Waals surface area contributed by atoms with Crippen molar-refractivity contribution in [2.24, 2.45) is 11.8 Å². The Hall–Kier alpha value is -3.35. The van der Waals surface area contributed by atoms with Gasteiger partial charge in [0.05, 0.1) is 23.4 Å². The molecule has 3 unspecified atom stereocenters. The van der Waals surface area contributed by atoms with Gasteiger partial charge in [0.2, 0.25) is 5.91 Å². The second-order valence-corrected chi connectivity index (χ2v) is 8.48. The fourth-order valence-corrected chi connectivity index (χ4v) is 4.46. The van der Waals surface area contributed by atoms with Crippen molar-refractivity contribution in [2.75, 3.05) is 0 Å². The van der Waals surface area contributed by atoms with E-state index in [2.05, 4.69) is 24.1 Å². The van der Waals surface area contributed by atoms with Crippen molar-refractivity contribution in [1.29, 1.82) is 0 Å². The number of amides is 1. The molecule has 0 saturated heterocycles. The Kier molecular flexibility index (Phi) is 5.67. The molecule has 0 spiro atoms. The van der Waals surface area contributed by atoms with E-state index in [-0.39, 0.29) is 5.91 Å². The first-order valence-electron chi connectivity index (χ1n) is 10.6. The maximum absolute atomic E-state index is 13.2. The molecule has 1 amide bonds. The van der Waals surface area contributed by atoms with Crippen molar-refractivity contribution in [1.82, 2.24) is 10.3 Å². The molecule has 1 heterocycles. The van der Waals surface area contributed by atoms with Crippen LogP contribution in [-0.4, -0.2) is 22.0 Å². The van der Waals surface area contributed by atoms with Crippen LogP contribution in [0.25, 0.3) is 11.1 Å². The molecular weight excluding hydrogens is 396 g/mol. The van der Waals surface area contributed by atoms with Gasteiger partial charge in [0.1, 0.15) is 0 Å². The van der Waals surface area contributed by atoms with Crippen LogP contribution >= 0.6 is 0 Å². The molecule has 162 valence electrons. The van der Waals surface area contributed by atoms with E-state index in [9.17, 15) is 19.5 Å². The number of hydrogen-bond acceptors (Lipinski definition) is 4. The van der Waals surface area contributed by atoms with Gasteiger partial charge < -0.3 is 14.8 Å². The molecule has 1 saturated carbocycles. The lowest BCUT2D eigenvalue weighted by molar-refractivity contribution is -0.146. The van der Waals surface area contributed by atoms with Crippen LogP contribution in [0.5, 0.6) is 0 Å². The molecule has 31 heavy (non-hydrogen) atoms. The van der Waals surface area contributed by atoms with Crippen LogP contribution in [0.2, 0.25) is 0 Å². The number of aliphatic carboxylic acids is 1. The van der Waals surface area contributed by atoms with Crippen molar-refractivity contribution in [3.05, 3.63) is 69.7 Å². The van der Waals surface area contributed by atoms with Gasteiger partial charge in [0, 0.05) is 5.56 Å². The van der Waals surface area contributed by atoms with E-state index in [0.717, 1.165) is 5.56 Å². The largest absolute Gasteiger partial charge is 0.481 e. The third-order valence-electron chi connectivity index (χ3n) is 6.18. The molecule has 1 aliphatic carbocycles. The zero-order chi connectivity index (χ0) is 22.1. The van der Waals surface area contributed by atoms with E-state index in [0.29, 0.717) is 41.8 Å². The third-order valence-corrected chi connectivity index (χ3v) is 6.18. The van der Waals surface area contributed by atoms with Gasteiger partial charge in [0.25, 0.3) is 0 Å². The van der Waals surface area contributed by atoms with E-state index in [1.165, 1.54) is 5.56 Å². The normalized spacial score (nSPS) is 19.6. The Morgan fingerprint density at radius 3 is 2.42 bits per heavy atom. The van der Waals surface area contributed by atoms with E-state index in [1.54, 1.807) is 12.1 Å². The summed E-state index contributed by atoms with van der Waals surface area (Å²) in [5, 5.41) is 12.5. The summed E-state index contributed by atoms with van der Waals surface area (Å²) in [6.07, 6.45) is 1.76. The van der Waals surface area contributed by atoms with Crippen molar-refractivity contribution < 1.29 is 19.1 Å². The van der Waals surface area contributed by atoms with Gasteiger partial charge in [0.15, 0.2) is 5.58 Å². The number of oxazole rings is 1. The second kappa shape index (κ2) is 8.41. The van der Waals surface area contributed by atoms with E-state index < -0.39 is 29.6 Å². The highest BCUT2D eigenvalue weighted by Gasteiger charge is 2.38. The number of benzene rings is 2. The SMILES string of the molecule is CC(C)c1ccc(C(NC(=O)C2CCCC2C(=O)O)c2cccc3[nH]c(=O)oc23)cc1. The molecule has 3 atom stereocenters. The van der Waals surface area contributed by atoms with E-state index in [4.69, 9.17) is 4.42 Å². The van der Waals surface area contributed by atoms with Crippen molar-refractivity contribution >= 4 is 23.0 Å². The minimum absolute atomic E-state index is 0.294. The number of fused-ring (bicyclic) bond motifs is 1. The van der Waals surface area contributed by atoms with Crippen molar-refractivity contribution in [2.45, 2.75) is 45.1 Å². The van der Waals surface area contributed by atoms with Gasteiger partial charge in [-0.15, -0.1) is 0 Å². The highest BCUT2D eigenvalue weighted by Crippen LogP contribution is 2.34. The summed E-state index contributed by atoms with van der Waals surface area (Å²) in [5.41, 5.74) is 3.57. The lowest BCUT2D eigenvalue weighted by atomic mass is 9.92. The zero-order valence-electron chi connectivity index (χ0n) is 17.6. The van der Waals surface area contributed by atoms with Crippen LogP contribution in [0.1, 0.15) is 61.8 Å². The molecular formula is C24H26N2O5. The van der Waals surface area contributed by atoms with Gasteiger partial charge in [-0.2, -0.15) is 0 Å². The summed E-state index contributed by atoms with van der Waals surface area (Å²) in [6, 6.07) is 12.7. The van der Waals surface area contributed by atoms with Gasteiger partial charge in [-0.05, 0) is 36.0 Å². The molecule has 3 N–H and O–H groups in total. The molecule has 1 aromatic heterocycles. The quantitative estimate of drug-likeness (QED) is 0.557. The first-order valence-corrected chi connectivity index (χ1v) is 10.6. The van der Waals surface area contributed by atoms with Crippen LogP contribution in [0.15, 0.2) is 51.7 Å². The number of rotatable bonds is 6. The predicted molar refractivity (Wildman–Crippen MR) is 116 cm³/mol. The Labute approximate surface area is 179 Å². The standard InChI is InChI=1S/C24H26N2O5/c1-13(2)14-9-11-15(12-10-14)20(18-7-4-8-19-21(18)31-24(30)25-19)26-22(27)16-5-3-6-17(16)23(28)29/h4,7-13,16-17,20H,3,5-6H2,1-2H3,(H,25,30)(H,26,27)(H,28,29).